The number of ether oxygens (including phenoxy) is 3. The Labute approximate surface area is 126 Å². The number of thiophene rings is 1. The summed E-state index contributed by atoms with van der Waals surface area (Å²) in [4.78, 5) is 0.664. The fourth-order valence-corrected chi connectivity index (χ4v) is 3.14. The van der Waals surface area contributed by atoms with Gasteiger partial charge in [0, 0.05) is 5.56 Å². The topological polar surface area (TPSA) is 47.9 Å². The van der Waals surface area contributed by atoms with Gasteiger partial charge in [-0.3, -0.25) is 0 Å². The zero-order chi connectivity index (χ0) is 14.7. The Morgan fingerprint density at radius 2 is 1.75 bits per heavy atom. The lowest BCUT2D eigenvalue weighted by Gasteiger charge is -2.18. The summed E-state index contributed by atoms with van der Waals surface area (Å²) in [7, 11) is 4.59. The molecule has 1 heterocycles. The van der Waals surface area contributed by atoms with E-state index in [1.165, 1.54) is 25.6 Å². The fraction of sp³-hybridized carbons (Fsp3) is 0.286. The van der Waals surface area contributed by atoms with Crippen LogP contribution in [-0.2, 0) is 0 Å². The first kappa shape index (κ1) is 15.0. The monoisotopic (exact) mass is 314 g/mol. The predicted octanol–water partition coefficient (Wildman–Crippen LogP) is 3.51. The molecule has 1 aromatic carbocycles. The maximum absolute atomic E-state index is 10.5. The lowest BCUT2D eigenvalue weighted by Crippen LogP contribution is -2.04. The van der Waals surface area contributed by atoms with E-state index in [0.29, 0.717) is 32.7 Å². The predicted molar refractivity (Wildman–Crippen MR) is 79.5 cm³/mol. The van der Waals surface area contributed by atoms with Crippen molar-refractivity contribution in [3.8, 4) is 17.2 Å². The maximum Gasteiger partial charge on any atom is 0.203 e. The molecule has 6 heteroatoms. The zero-order valence-electron chi connectivity index (χ0n) is 11.3. The van der Waals surface area contributed by atoms with E-state index in [0.717, 1.165) is 0 Å². The summed E-state index contributed by atoms with van der Waals surface area (Å²) in [5.41, 5.74) is 0.578. The molecule has 0 radical (unpaired) electrons. The van der Waals surface area contributed by atoms with Gasteiger partial charge >= 0.3 is 0 Å². The van der Waals surface area contributed by atoms with Crippen molar-refractivity contribution in [3.05, 3.63) is 39.0 Å². The van der Waals surface area contributed by atoms with Gasteiger partial charge in [0.1, 0.15) is 6.10 Å². The highest BCUT2D eigenvalue weighted by Gasteiger charge is 2.24. The summed E-state index contributed by atoms with van der Waals surface area (Å²) in [6, 6.07) is 5.21. The Bertz CT molecular complexity index is 597. The molecular weight excluding hydrogens is 300 g/mol. The Kier molecular flexibility index (Phi) is 4.75. The third kappa shape index (κ3) is 2.57. The van der Waals surface area contributed by atoms with Crippen LogP contribution >= 0.6 is 22.9 Å². The minimum Gasteiger partial charge on any atom is -0.493 e. The van der Waals surface area contributed by atoms with Crippen molar-refractivity contribution in [2.45, 2.75) is 6.10 Å². The molecule has 1 N–H and O–H groups in total. The normalized spacial score (nSPS) is 12.1. The number of aliphatic hydroxyl groups excluding tert-OH is 1. The van der Waals surface area contributed by atoms with Crippen molar-refractivity contribution in [1.29, 1.82) is 0 Å². The van der Waals surface area contributed by atoms with E-state index in [9.17, 15) is 5.11 Å². The van der Waals surface area contributed by atoms with Crippen LogP contribution in [0.2, 0.25) is 5.02 Å². The summed E-state index contributed by atoms with van der Waals surface area (Å²) < 4.78 is 15.9. The molecule has 1 aromatic heterocycles. The fourth-order valence-electron chi connectivity index (χ4n) is 1.98. The molecule has 1 unspecified atom stereocenters. The number of hydrogen-bond donors (Lipinski definition) is 1. The highest BCUT2D eigenvalue weighted by Crippen LogP contribution is 2.45. The maximum atomic E-state index is 10.5. The highest BCUT2D eigenvalue weighted by molar-refractivity contribution is 7.10. The van der Waals surface area contributed by atoms with Crippen LogP contribution in [0.25, 0.3) is 0 Å². The number of benzene rings is 1. The number of halogens is 1. The van der Waals surface area contributed by atoms with Crippen molar-refractivity contribution in [3.63, 3.8) is 0 Å². The summed E-state index contributed by atoms with van der Waals surface area (Å²) in [6.07, 6.45) is -0.878. The molecule has 0 spiro atoms. The SMILES string of the molecule is COc1ccc(C(O)c2sccc2Cl)c(OC)c1OC. The van der Waals surface area contributed by atoms with Gasteiger partial charge in [-0.15, -0.1) is 11.3 Å². The first-order chi connectivity index (χ1) is 9.63. The van der Waals surface area contributed by atoms with Gasteiger partial charge in [0.2, 0.25) is 5.75 Å². The van der Waals surface area contributed by atoms with E-state index in [1.807, 2.05) is 5.38 Å². The Morgan fingerprint density at radius 3 is 2.25 bits per heavy atom. The van der Waals surface area contributed by atoms with Gasteiger partial charge in [-0.25, -0.2) is 0 Å². The van der Waals surface area contributed by atoms with Crippen LogP contribution in [0, 0.1) is 0 Å². The minimum atomic E-state index is -0.878. The van der Waals surface area contributed by atoms with Gasteiger partial charge in [-0.2, -0.15) is 0 Å². The molecule has 4 nitrogen and oxygen atoms in total. The van der Waals surface area contributed by atoms with E-state index in [4.69, 9.17) is 25.8 Å². The standard InChI is InChI=1S/C14H15ClO4S/c1-17-10-5-4-8(12(18-2)13(10)19-3)11(16)14-9(15)6-7-20-14/h4-7,11,16H,1-3H3. The van der Waals surface area contributed by atoms with Gasteiger partial charge in [0.05, 0.1) is 31.2 Å². The average Bonchev–Trinajstić information content (AvgIpc) is 2.90. The zero-order valence-corrected chi connectivity index (χ0v) is 12.9. The average molecular weight is 315 g/mol. The molecule has 0 bridgehead atoms. The second-order valence-electron chi connectivity index (χ2n) is 3.96. The molecule has 0 amide bonds. The smallest absolute Gasteiger partial charge is 0.203 e. The molecule has 0 saturated heterocycles. The third-order valence-corrected chi connectivity index (χ3v) is 4.33. The van der Waals surface area contributed by atoms with Crippen molar-refractivity contribution < 1.29 is 19.3 Å². The van der Waals surface area contributed by atoms with Gasteiger partial charge in [0.25, 0.3) is 0 Å². The second kappa shape index (κ2) is 6.35. The second-order valence-corrected chi connectivity index (χ2v) is 5.31. The van der Waals surface area contributed by atoms with E-state index >= 15 is 0 Å². The van der Waals surface area contributed by atoms with Crippen LogP contribution in [-0.4, -0.2) is 26.4 Å². The number of methoxy groups -OCH3 is 3. The van der Waals surface area contributed by atoms with Gasteiger partial charge in [-0.1, -0.05) is 11.6 Å². The van der Waals surface area contributed by atoms with Crippen molar-refractivity contribution >= 4 is 22.9 Å². The van der Waals surface area contributed by atoms with Crippen LogP contribution in [0.1, 0.15) is 16.5 Å². The lowest BCUT2D eigenvalue weighted by atomic mass is 10.1. The van der Waals surface area contributed by atoms with Crippen LogP contribution < -0.4 is 14.2 Å². The third-order valence-electron chi connectivity index (χ3n) is 2.92. The summed E-state index contributed by atoms with van der Waals surface area (Å²) >= 11 is 7.45. The van der Waals surface area contributed by atoms with Crippen LogP contribution in [0.3, 0.4) is 0 Å². The van der Waals surface area contributed by atoms with Crippen molar-refractivity contribution in [1.82, 2.24) is 0 Å². The molecule has 2 aromatic rings. The Balaban J connectivity index is 2.54. The van der Waals surface area contributed by atoms with Crippen LogP contribution in [0.15, 0.2) is 23.6 Å². The molecule has 0 aliphatic rings. The largest absolute Gasteiger partial charge is 0.493 e. The number of hydrogen-bond acceptors (Lipinski definition) is 5. The van der Waals surface area contributed by atoms with Gasteiger partial charge in [0.15, 0.2) is 11.5 Å². The first-order valence-corrected chi connectivity index (χ1v) is 7.09. The van der Waals surface area contributed by atoms with Crippen LogP contribution in [0.5, 0.6) is 17.2 Å². The number of rotatable bonds is 5. The highest BCUT2D eigenvalue weighted by atomic mass is 35.5. The molecule has 2 rings (SSSR count). The van der Waals surface area contributed by atoms with E-state index < -0.39 is 6.10 Å². The van der Waals surface area contributed by atoms with Gasteiger partial charge in [-0.05, 0) is 23.6 Å². The van der Waals surface area contributed by atoms with Crippen LogP contribution in [0.4, 0.5) is 0 Å². The van der Waals surface area contributed by atoms with E-state index in [1.54, 1.807) is 25.3 Å². The molecule has 0 aliphatic heterocycles. The molecule has 0 saturated carbocycles. The Hall–Kier alpha value is -1.43. The lowest BCUT2D eigenvalue weighted by molar-refractivity contribution is 0.216. The summed E-state index contributed by atoms with van der Waals surface area (Å²) in [5.74, 6) is 1.42. The summed E-state index contributed by atoms with van der Waals surface area (Å²) in [5, 5.41) is 12.9. The van der Waals surface area contributed by atoms with E-state index in [-0.39, 0.29) is 0 Å². The van der Waals surface area contributed by atoms with E-state index in [2.05, 4.69) is 0 Å². The quantitative estimate of drug-likeness (QED) is 0.917. The Morgan fingerprint density at radius 1 is 1.05 bits per heavy atom. The van der Waals surface area contributed by atoms with Crippen molar-refractivity contribution in [2.24, 2.45) is 0 Å². The first-order valence-electron chi connectivity index (χ1n) is 5.83. The van der Waals surface area contributed by atoms with Crippen molar-refractivity contribution in [2.75, 3.05) is 21.3 Å². The molecule has 1 atom stereocenters. The molecule has 0 fully saturated rings. The van der Waals surface area contributed by atoms with Gasteiger partial charge < -0.3 is 19.3 Å². The molecule has 20 heavy (non-hydrogen) atoms. The summed E-state index contributed by atoms with van der Waals surface area (Å²) in [6.45, 7) is 0. The molecule has 0 aliphatic carbocycles. The molecule has 108 valence electrons. The molecular formula is C14H15ClO4S. The number of aliphatic hydroxyl groups is 1. The minimum absolute atomic E-state index is 0.434.